The van der Waals surface area contributed by atoms with Crippen molar-refractivity contribution in [2.45, 2.75) is 6.42 Å². The minimum Gasteiger partial charge on any atom is -0.504 e. The maximum atomic E-state index is 12.8. The van der Waals surface area contributed by atoms with Gasteiger partial charge in [0.15, 0.2) is 16.9 Å². The molecule has 0 unspecified atom stereocenters. The maximum absolute atomic E-state index is 12.8. The Morgan fingerprint density at radius 3 is 2.36 bits per heavy atom. The first-order valence-electron chi connectivity index (χ1n) is 13.4. The number of carbonyl (C=O) groups is 1. The largest absolute Gasteiger partial charge is 0.504 e. The number of aromatic hydroxyl groups is 1. The van der Waals surface area contributed by atoms with Crippen LogP contribution in [0, 0.1) is 0 Å². The molecule has 0 radical (unpaired) electrons. The molecule has 1 aliphatic rings. The van der Waals surface area contributed by atoms with Gasteiger partial charge in [0.25, 0.3) is 0 Å². The maximum Gasteiger partial charge on any atom is 0.338 e. The van der Waals surface area contributed by atoms with Crippen LogP contribution in [0.4, 0.5) is 5.69 Å². The molecule has 11 heteroatoms. The molecule has 9 nitrogen and oxygen atoms in total. The summed E-state index contributed by atoms with van der Waals surface area (Å²) < 4.78 is 28.1. The monoisotopic (exact) mass is 613 g/mol. The number of ether oxygens (including phenoxy) is 4. The minimum atomic E-state index is -0.406. The van der Waals surface area contributed by atoms with Gasteiger partial charge in [0, 0.05) is 54.7 Å². The van der Waals surface area contributed by atoms with E-state index in [1.54, 1.807) is 42.5 Å². The second kappa shape index (κ2) is 13.7. The van der Waals surface area contributed by atoms with Gasteiger partial charge in [-0.1, -0.05) is 0 Å². The first-order valence-corrected chi connectivity index (χ1v) is 14.5. The number of carbonyl (C=O) groups excluding carboxylic acids is 1. The molecule has 0 bridgehead atoms. The number of hydrogen-bond acceptors (Lipinski definition) is 9. The number of rotatable bonds is 12. The van der Waals surface area contributed by atoms with E-state index in [0.29, 0.717) is 72.9 Å². The molecule has 2 heterocycles. The molecule has 0 spiro atoms. The number of anilines is 1. The zero-order chi connectivity index (χ0) is 29.5. The predicted molar refractivity (Wildman–Crippen MR) is 161 cm³/mol. The molecule has 3 aromatic carbocycles. The van der Waals surface area contributed by atoms with Gasteiger partial charge in [-0.3, -0.25) is 4.79 Å². The van der Waals surface area contributed by atoms with Gasteiger partial charge in [-0.15, -0.1) is 23.2 Å². The highest BCUT2D eigenvalue weighted by Crippen LogP contribution is 2.43. The molecule has 0 saturated heterocycles. The Kier molecular flexibility index (Phi) is 9.61. The average Bonchev–Trinajstić information content (AvgIpc) is 3.01. The number of benzene rings is 3. The number of alkyl halides is 2. The molecular formula is C31H29Cl2NO8. The number of phenolic OH excluding ortho intramolecular Hbond substituents is 1. The van der Waals surface area contributed by atoms with Crippen molar-refractivity contribution < 1.29 is 33.3 Å². The van der Waals surface area contributed by atoms with Gasteiger partial charge in [-0.05, 0) is 48.5 Å². The molecule has 0 atom stereocenters. The van der Waals surface area contributed by atoms with E-state index in [2.05, 4.69) is 4.90 Å². The van der Waals surface area contributed by atoms with Gasteiger partial charge in [-0.25, -0.2) is 4.79 Å². The van der Waals surface area contributed by atoms with Crippen LogP contribution in [0.5, 0.6) is 23.0 Å². The molecule has 0 aliphatic carbocycles. The van der Waals surface area contributed by atoms with E-state index >= 15 is 0 Å². The second-order valence-corrected chi connectivity index (χ2v) is 10.1. The van der Waals surface area contributed by atoms with Crippen LogP contribution in [0.25, 0.3) is 22.3 Å². The van der Waals surface area contributed by atoms with Crippen LogP contribution >= 0.6 is 23.2 Å². The van der Waals surface area contributed by atoms with E-state index in [0.717, 1.165) is 5.69 Å². The van der Waals surface area contributed by atoms with Crippen molar-refractivity contribution in [1.29, 1.82) is 0 Å². The molecular weight excluding hydrogens is 585 g/mol. The molecule has 42 heavy (non-hydrogen) atoms. The molecule has 1 aromatic heterocycles. The van der Waals surface area contributed by atoms with Crippen molar-refractivity contribution in [3.63, 3.8) is 0 Å². The fraction of sp³-hybridized carbons (Fsp3) is 0.290. The quantitative estimate of drug-likeness (QED) is 0.120. The van der Waals surface area contributed by atoms with Gasteiger partial charge >= 0.3 is 5.97 Å². The van der Waals surface area contributed by atoms with Crippen molar-refractivity contribution >= 4 is 45.8 Å². The average molecular weight is 614 g/mol. The molecule has 4 aromatic rings. The van der Waals surface area contributed by atoms with E-state index in [9.17, 15) is 14.7 Å². The molecule has 0 saturated carbocycles. The number of esters is 1. The van der Waals surface area contributed by atoms with Crippen LogP contribution in [0.3, 0.4) is 0 Å². The Morgan fingerprint density at radius 2 is 1.64 bits per heavy atom. The summed E-state index contributed by atoms with van der Waals surface area (Å²) in [5.74, 6) is 1.68. The summed E-state index contributed by atoms with van der Waals surface area (Å²) in [6.07, 6.45) is 0.504. The number of phenols is 1. The van der Waals surface area contributed by atoms with Crippen molar-refractivity contribution in [1.82, 2.24) is 0 Å². The van der Waals surface area contributed by atoms with Crippen LogP contribution in [0.15, 0.2) is 69.9 Å². The summed E-state index contributed by atoms with van der Waals surface area (Å²) in [6.45, 7) is 2.50. The summed E-state index contributed by atoms with van der Waals surface area (Å²) in [7, 11) is 0. The van der Waals surface area contributed by atoms with Crippen LogP contribution < -0.4 is 24.5 Å². The standard InChI is InChI=1S/C31H29Cl2NO8/c32-10-12-34(13-11-33)22-6-2-21(3-7-22)31(37)41-15-1-14-38-23-8-4-20(5-9-23)25-18-24(35)28-26(42-25)19-27-30(29(28)36)40-17-16-39-27/h2-9,18-19,36H,1,10-17H2. The normalized spacial score (nSPS) is 12.2. The van der Waals surface area contributed by atoms with E-state index in [-0.39, 0.29) is 35.7 Å². The van der Waals surface area contributed by atoms with Crippen molar-refractivity contribution in [2.24, 2.45) is 0 Å². The summed E-state index contributed by atoms with van der Waals surface area (Å²) >= 11 is 11.7. The second-order valence-electron chi connectivity index (χ2n) is 9.37. The van der Waals surface area contributed by atoms with Crippen LogP contribution in [-0.2, 0) is 4.74 Å². The third-order valence-electron chi connectivity index (χ3n) is 6.61. The smallest absolute Gasteiger partial charge is 0.338 e. The van der Waals surface area contributed by atoms with E-state index < -0.39 is 11.4 Å². The Morgan fingerprint density at radius 1 is 0.929 bits per heavy atom. The Hall–Kier alpha value is -4.08. The fourth-order valence-corrected chi connectivity index (χ4v) is 4.95. The predicted octanol–water partition coefficient (Wildman–Crippen LogP) is 5.85. The van der Waals surface area contributed by atoms with Crippen LogP contribution in [-0.4, -0.2) is 62.4 Å². The first kappa shape index (κ1) is 29.4. The van der Waals surface area contributed by atoms with E-state index in [4.69, 9.17) is 46.6 Å². The van der Waals surface area contributed by atoms with Crippen molar-refractivity contribution in [3.8, 4) is 34.3 Å². The zero-order valence-corrected chi connectivity index (χ0v) is 24.2. The fourth-order valence-electron chi connectivity index (χ4n) is 4.54. The van der Waals surface area contributed by atoms with E-state index in [1.165, 1.54) is 6.07 Å². The minimum absolute atomic E-state index is 0.0387. The van der Waals surface area contributed by atoms with Gasteiger partial charge in [0.05, 0.1) is 18.8 Å². The third kappa shape index (κ3) is 6.69. The molecule has 220 valence electrons. The lowest BCUT2D eigenvalue weighted by Gasteiger charge is -2.22. The van der Waals surface area contributed by atoms with Gasteiger partial charge in [-0.2, -0.15) is 0 Å². The number of fused-ring (bicyclic) bond motifs is 2. The lowest BCUT2D eigenvalue weighted by molar-refractivity contribution is 0.0486. The highest BCUT2D eigenvalue weighted by Gasteiger charge is 2.23. The third-order valence-corrected chi connectivity index (χ3v) is 6.94. The molecule has 1 aliphatic heterocycles. The van der Waals surface area contributed by atoms with Crippen molar-refractivity contribution in [3.05, 3.63) is 76.5 Å². The lowest BCUT2D eigenvalue weighted by atomic mass is 10.1. The van der Waals surface area contributed by atoms with Crippen LogP contribution in [0.1, 0.15) is 16.8 Å². The number of hydrogen-bond donors (Lipinski definition) is 1. The highest BCUT2D eigenvalue weighted by atomic mass is 35.5. The summed E-state index contributed by atoms with van der Waals surface area (Å²) in [5, 5.41) is 10.6. The first-order chi connectivity index (χ1) is 20.5. The van der Waals surface area contributed by atoms with Gasteiger partial charge in [0.2, 0.25) is 5.75 Å². The highest BCUT2D eigenvalue weighted by molar-refractivity contribution is 6.18. The summed E-state index contributed by atoms with van der Waals surface area (Å²) in [5.41, 5.74) is 1.86. The SMILES string of the molecule is O=C(OCCCOc1ccc(-c2cc(=O)c3c(O)c4c(cc3o2)OCCO4)cc1)c1ccc(N(CCCl)CCCl)cc1. The molecule has 0 fully saturated rings. The number of nitrogens with zero attached hydrogens (tertiary/aromatic N) is 1. The number of halogens is 2. The van der Waals surface area contributed by atoms with E-state index in [1.807, 2.05) is 12.1 Å². The Bertz CT molecular complexity index is 1580. The zero-order valence-electron chi connectivity index (χ0n) is 22.6. The summed E-state index contributed by atoms with van der Waals surface area (Å²) in [6, 6.07) is 17.1. The Labute approximate surface area is 252 Å². The van der Waals surface area contributed by atoms with Crippen molar-refractivity contribution in [2.75, 3.05) is 56.2 Å². The molecule has 5 rings (SSSR count). The molecule has 0 amide bonds. The topological polar surface area (TPSA) is 108 Å². The van der Waals surface area contributed by atoms with Crippen LogP contribution in [0.2, 0.25) is 0 Å². The van der Waals surface area contributed by atoms with Gasteiger partial charge < -0.3 is 33.4 Å². The molecule has 1 N–H and O–H groups in total. The lowest BCUT2D eigenvalue weighted by Crippen LogP contribution is -2.27. The Balaban J connectivity index is 1.13. The summed E-state index contributed by atoms with van der Waals surface area (Å²) in [4.78, 5) is 27.2. The van der Waals surface area contributed by atoms with Gasteiger partial charge in [0.1, 0.15) is 35.7 Å².